The van der Waals surface area contributed by atoms with Gasteiger partial charge in [0.25, 0.3) is 0 Å². The Hall–Kier alpha value is -1.55. The van der Waals surface area contributed by atoms with Crippen LogP contribution in [-0.2, 0) is 10.4 Å². The second-order valence-electron chi connectivity index (χ2n) is 2.64. The monoisotopic (exact) mass is 182 g/mol. The molecule has 0 radical (unpaired) electrons. The molecule has 2 N–H and O–H groups in total. The quantitative estimate of drug-likeness (QED) is 0.684. The van der Waals surface area contributed by atoms with Crippen LogP contribution in [0.3, 0.4) is 0 Å². The van der Waals surface area contributed by atoms with Crippen LogP contribution >= 0.6 is 0 Å². The van der Waals surface area contributed by atoms with Gasteiger partial charge in [0.15, 0.2) is 0 Å². The van der Waals surface area contributed by atoms with Gasteiger partial charge in [0, 0.05) is 6.42 Å². The minimum atomic E-state index is -1.99. The molecule has 0 saturated heterocycles. The van der Waals surface area contributed by atoms with Crippen LogP contribution in [0.15, 0.2) is 35.5 Å². The zero-order chi connectivity index (χ0) is 9.90. The molecule has 0 saturated carbocycles. The second kappa shape index (κ2) is 3.45. The molecular formula is C9H10O4. The molecule has 0 bridgehead atoms. The van der Waals surface area contributed by atoms with Crippen LogP contribution < -0.4 is 0 Å². The van der Waals surface area contributed by atoms with Crippen LogP contribution in [0, 0.1) is 0 Å². The summed E-state index contributed by atoms with van der Waals surface area (Å²) in [7, 11) is 0. The Kier molecular flexibility index (Phi) is 2.53. The van der Waals surface area contributed by atoms with Crippen molar-refractivity contribution < 1.29 is 19.4 Å². The second-order valence-corrected chi connectivity index (χ2v) is 2.64. The summed E-state index contributed by atoms with van der Waals surface area (Å²) >= 11 is 0. The molecule has 1 aromatic heterocycles. The summed E-state index contributed by atoms with van der Waals surface area (Å²) in [5.41, 5.74) is -1.99. The van der Waals surface area contributed by atoms with Crippen LogP contribution in [0.5, 0.6) is 0 Å². The number of carbonyl (C=O) groups is 1. The van der Waals surface area contributed by atoms with E-state index in [2.05, 4.69) is 6.58 Å². The Morgan fingerprint density at radius 3 is 2.85 bits per heavy atom. The highest BCUT2D eigenvalue weighted by Gasteiger charge is 2.39. The van der Waals surface area contributed by atoms with E-state index in [1.165, 1.54) is 24.5 Å². The third kappa shape index (κ3) is 1.62. The molecule has 1 aromatic rings. The number of aliphatic hydroxyl groups is 1. The van der Waals surface area contributed by atoms with Crippen molar-refractivity contribution in [2.45, 2.75) is 12.0 Å². The van der Waals surface area contributed by atoms with Gasteiger partial charge in [0.1, 0.15) is 5.76 Å². The van der Waals surface area contributed by atoms with E-state index in [1.54, 1.807) is 0 Å². The number of hydrogen-bond acceptors (Lipinski definition) is 3. The molecule has 1 atom stereocenters. The fourth-order valence-electron chi connectivity index (χ4n) is 1.02. The number of hydrogen-bond donors (Lipinski definition) is 2. The van der Waals surface area contributed by atoms with Gasteiger partial charge >= 0.3 is 5.97 Å². The third-order valence-corrected chi connectivity index (χ3v) is 1.72. The predicted octanol–water partition coefficient (Wildman–Crippen LogP) is 1.13. The lowest BCUT2D eigenvalue weighted by Crippen LogP contribution is -2.34. The van der Waals surface area contributed by atoms with Gasteiger partial charge in [-0.3, -0.25) is 0 Å². The zero-order valence-electron chi connectivity index (χ0n) is 6.93. The number of furan rings is 1. The van der Waals surface area contributed by atoms with Gasteiger partial charge in [0.05, 0.1) is 6.26 Å². The average molecular weight is 182 g/mol. The third-order valence-electron chi connectivity index (χ3n) is 1.72. The summed E-state index contributed by atoms with van der Waals surface area (Å²) in [6, 6.07) is 2.93. The summed E-state index contributed by atoms with van der Waals surface area (Å²) < 4.78 is 4.83. The highest BCUT2D eigenvalue weighted by molar-refractivity contribution is 5.78. The van der Waals surface area contributed by atoms with Crippen LogP contribution in [0.25, 0.3) is 0 Å². The molecule has 1 unspecified atom stereocenters. The number of carboxylic acid groups (broad SMARTS) is 1. The van der Waals surface area contributed by atoms with E-state index in [-0.39, 0.29) is 12.2 Å². The first-order valence-corrected chi connectivity index (χ1v) is 3.72. The summed E-state index contributed by atoms with van der Waals surface area (Å²) in [5, 5.41) is 18.5. The van der Waals surface area contributed by atoms with Crippen molar-refractivity contribution >= 4 is 5.97 Å². The smallest absolute Gasteiger partial charge is 0.344 e. The lowest BCUT2D eigenvalue weighted by molar-refractivity contribution is -0.161. The SMILES string of the molecule is C=CCC(O)(C(=O)O)c1ccco1. The molecular weight excluding hydrogens is 172 g/mol. The molecule has 70 valence electrons. The molecule has 0 spiro atoms. The van der Waals surface area contributed by atoms with Crippen molar-refractivity contribution in [1.82, 2.24) is 0 Å². The van der Waals surface area contributed by atoms with E-state index in [1.807, 2.05) is 0 Å². The topological polar surface area (TPSA) is 70.7 Å². The molecule has 0 aliphatic carbocycles. The van der Waals surface area contributed by atoms with Gasteiger partial charge in [-0.2, -0.15) is 0 Å². The first-order chi connectivity index (χ1) is 6.11. The van der Waals surface area contributed by atoms with Crippen LogP contribution in [0.1, 0.15) is 12.2 Å². The van der Waals surface area contributed by atoms with Crippen molar-refractivity contribution in [2.24, 2.45) is 0 Å². The Morgan fingerprint density at radius 2 is 2.46 bits per heavy atom. The van der Waals surface area contributed by atoms with Crippen LogP contribution in [0.2, 0.25) is 0 Å². The molecule has 1 heterocycles. The van der Waals surface area contributed by atoms with Gasteiger partial charge in [-0.05, 0) is 12.1 Å². The van der Waals surface area contributed by atoms with E-state index in [0.717, 1.165) is 0 Å². The molecule has 1 rings (SSSR count). The van der Waals surface area contributed by atoms with E-state index in [0.29, 0.717) is 0 Å². The van der Waals surface area contributed by atoms with Crippen molar-refractivity contribution in [3.63, 3.8) is 0 Å². The minimum absolute atomic E-state index is 0.0138. The first kappa shape index (κ1) is 9.54. The van der Waals surface area contributed by atoms with E-state index < -0.39 is 11.6 Å². The van der Waals surface area contributed by atoms with Gasteiger partial charge in [-0.1, -0.05) is 6.08 Å². The van der Waals surface area contributed by atoms with Gasteiger partial charge in [-0.25, -0.2) is 4.79 Å². The Bertz CT molecular complexity index is 301. The minimum Gasteiger partial charge on any atom is -0.479 e. The largest absolute Gasteiger partial charge is 0.479 e. The lowest BCUT2D eigenvalue weighted by atomic mass is 9.97. The Balaban J connectivity index is 3.05. The van der Waals surface area contributed by atoms with Crippen LogP contribution in [-0.4, -0.2) is 16.2 Å². The maximum atomic E-state index is 10.8. The predicted molar refractivity (Wildman–Crippen MR) is 45.1 cm³/mol. The van der Waals surface area contributed by atoms with Crippen LogP contribution in [0.4, 0.5) is 0 Å². The molecule has 4 heteroatoms. The molecule has 0 aliphatic rings. The van der Waals surface area contributed by atoms with Crippen molar-refractivity contribution in [1.29, 1.82) is 0 Å². The Labute approximate surface area is 75.1 Å². The highest BCUT2D eigenvalue weighted by Crippen LogP contribution is 2.25. The van der Waals surface area contributed by atoms with E-state index >= 15 is 0 Å². The molecule has 4 nitrogen and oxygen atoms in total. The maximum Gasteiger partial charge on any atom is 0.344 e. The van der Waals surface area contributed by atoms with Crippen molar-refractivity contribution in [2.75, 3.05) is 0 Å². The lowest BCUT2D eigenvalue weighted by Gasteiger charge is -2.18. The molecule has 0 aliphatic heterocycles. The highest BCUT2D eigenvalue weighted by atomic mass is 16.4. The van der Waals surface area contributed by atoms with Crippen molar-refractivity contribution in [3.8, 4) is 0 Å². The molecule has 0 fully saturated rings. The maximum absolute atomic E-state index is 10.8. The van der Waals surface area contributed by atoms with E-state index in [9.17, 15) is 9.90 Å². The summed E-state index contributed by atoms with van der Waals surface area (Å²) in [6.45, 7) is 3.37. The molecule has 0 amide bonds. The molecule has 13 heavy (non-hydrogen) atoms. The van der Waals surface area contributed by atoms with Gasteiger partial charge in [0.2, 0.25) is 5.60 Å². The van der Waals surface area contributed by atoms with Gasteiger partial charge < -0.3 is 14.6 Å². The Morgan fingerprint density at radius 1 is 1.77 bits per heavy atom. The summed E-state index contributed by atoms with van der Waals surface area (Å²) in [5.74, 6) is -1.33. The average Bonchev–Trinajstić information content (AvgIpc) is 2.56. The zero-order valence-corrected chi connectivity index (χ0v) is 6.93. The summed E-state index contributed by atoms with van der Waals surface area (Å²) in [4.78, 5) is 10.8. The first-order valence-electron chi connectivity index (χ1n) is 3.72. The summed E-state index contributed by atoms with van der Waals surface area (Å²) in [6.07, 6.45) is 2.55. The fraction of sp³-hybridized carbons (Fsp3) is 0.222. The number of carboxylic acids is 1. The normalized spacial score (nSPS) is 14.8. The van der Waals surface area contributed by atoms with E-state index in [4.69, 9.17) is 9.52 Å². The standard InChI is InChI=1S/C9H10O4/c1-2-5-9(12,8(10)11)7-4-3-6-13-7/h2-4,6,12H,1,5H2,(H,10,11). The van der Waals surface area contributed by atoms with Crippen molar-refractivity contribution in [3.05, 3.63) is 36.8 Å². The fourth-order valence-corrected chi connectivity index (χ4v) is 1.02. The van der Waals surface area contributed by atoms with Gasteiger partial charge in [-0.15, -0.1) is 6.58 Å². The number of aliphatic carboxylic acids is 1. The number of rotatable bonds is 4. The molecule has 0 aromatic carbocycles.